The summed E-state index contributed by atoms with van der Waals surface area (Å²) in [6, 6.07) is 21.9. The van der Waals surface area contributed by atoms with E-state index in [0.29, 0.717) is 16.3 Å². The number of benzene rings is 2. The van der Waals surface area contributed by atoms with E-state index in [1.807, 2.05) is 48.5 Å². The zero-order valence-corrected chi connectivity index (χ0v) is 15.5. The molecule has 1 amide bonds. The van der Waals surface area contributed by atoms with Gasteiger partial charge in [-0.05, 0) is 43.3 Å². The first kappa shape index (κ1) is 18.7. The molecule has 0 unspecified atom stereocenters. The van der Waals surface area contributed by atoms with Crippen molar-refractivity contribution in [2.75, 3.05) is 5.32 Å². The van der Waals surface area contributed by atoms with Crippen molar-refractivity contribution in [3.8, 4) is 0 Å². The maximum atomic E-state index is 12.6. The molecule has 3 aromatic rings. The molecule has 0 saturated heterocycles. The van der Waals surface area contributed by atoms with Gasteiger partial charge in [0.2, 0.25) is 0 Å². The average Bonchev–Trinajstić information content (AvgIpc) is 2.70. The van der Waals surface area contributed by atoms with Gasteiger partial charge in [0.05, 0.1) is 5.56 Å². The van der Waals surface area contributed by atoms with Crippen LogP contribution in [0.5, 0.6) is 0 Å². The summed E-state index contributed by atoms with van der Waals surface area (Å²) in [4.78, 5) is 30.0. The molecule has 5 nitrogen and oxygen atoms in total. The summed E-state index contributed by atoms with van der Waals surface area (Å²) in [5, 5.41) is 3.25. The second-order valence-corrected chi connectivity index (χ2v) is 6.74. The molecular formula is C21H18N2O3S. The van der Waals surface area contributed by atoms with Crippen molar-refractivity contribution in [1.82, 2.24) is 4.98 Å². The van der Waals surface area contributed by atoms with Crippen molar-refractivity contribution >= 4 is 29.3 Å². The molecule has 0 aliphatic carbocycles. The highest BCUT2D eigenvalue weighted by Gasteiger charge is 2.21. The molecule has 1 aromatic heterocycles. The van der Waals surface area contributed by atoms with Crippen LogP contribution >= 0.6 is 11.8 Å². The van der Waals surface area contributed by atoms with Gasteiger partial charge in [-0.3, -0.25) is 4.79 Å². The summed E-state index contributed by atoms with van der Waals surface area (Å²) in [6.07, 6.45) is 0.681. The summed E-state index contributed by atoms with van der Waals surface area (Å²) in [5.41, 5.74) is 0.970. The van der Waals surface area contributed by atoms with Crippen molar-refractivity contribution < 1.29 is 14.3 Å². The molecule has 0 spiro atoms. The Kier molecular flexibility index (Phi) is 6.22. The number of anilines is 1. The number of hydrogen-bond acceptors (Lipinski definition) is 5. The molecule has 6 heteroatoms. The van der Waals surface area contributed by atoms with Crippen LogP contribution in [0.15, 0.2) is 88.9 Å². The van der Waals surface area contributed by atoms with Gasteiger partial charge in [0.25, 0.3) is 5.91 Å². The van der Waals surface area contributed by atoms with E-state index in [1.165, 1.54) is 18.7 Å². The second-order valence-electron chi connectivity index (χ2n) is 5.67. The van der Waals surface area contributed by atoms with Crippen LogP contribution in [0, 0.1) is 0 Å². The van der Waals surface area contributed by atoms with Crippen LogP contribution in [0.2, 0.25) is 0 Å². The summed E-state index contributed by atoms with van der Waals surface area (Å²) < 4.78 is 5.34. The topological polar surface area (TPSA) is 68.3 Å². The van der Waals surface area contributed by atoms with E-state index in [4.69, 9.17) is 4.74 Å². The molecule has 0 fully saturated rings. The fourth-order valence-electron chi connectivity index (χ4n) is 2.27. The highest BCUT2D eigenvalue weighted by atomic mass is 32.2. The van der Waals surface area contributed by atoms with Crippen LogP contribution in [0.25, 0.3) is 0 Å². The molecule has 27 heavy (non-hydrogen) atoms. The Labute approximate surface area is 161 Å². The summed E-state index contributed by atoms with van der Waals surface area (Å²) in [5.74, 6) is -0.979. The van der Waals surface area contributed by atoms with E-state index < -0.39 is 18.0 Å². The van der Waals surface area contributed by atoms with Crippen molar-refractivity contribution in [3.63, 3.8) is 0 Å². The number of aromatic nitrogens is 1. The normalized spacial score (nSPS) is 11.4. The second kappa shape index (κ2) is 9.00. The van der Waals surface area contributed by atoms with Gasteiger partial charge in [0.15, 0.2) is 6.10 Å². The smallest absolute Gasteiger partial charge is 0.341 e. The Balaban J connectivity index is 1.68. The largest absolute Gasteiger partial charge is 0.449 e. The van der Waals surface area contributed by atoms with Gasteiger partial charge in [-0.2, -0.15) is 0 Å². The van der Waals surface area contributed by atoms with Crippen molar-refractivity contribution in [2.24, 2.45) is 0 Å². The number of hydrogen-bond donors (Lipinski definition) is 1. The standard InChI is InChI=1S/C21H18N2O3S/c1-15(19(24)23-16-9-4-2-5-10-16)26-21(25)18-13-8-14-22-20(18)27-17-11-6-3-7-12-17/h2-15H,1H3,(H,23,24)/t15-/m0/s1. The Bertz CT molecular complexity index is 917. The van der Waals surface area contributed by atoms with E-state index in [1.54, 1.807) is 30.5 Å². The minimum absolute atomic E-state index is 0.325. The maximum absolute atomic E-state index is 12.6. The lowest BCUT2D eigenvalue weighted by atomic mass is 10.2. The number of para-hydroxylation sites is 1. The quantitative estimate of drug-likeness (QED) is 0.643. The van der Waals surface area contributed by atoms with Crippen molar-refractivity contribution in [2.45, 2.75) is 22.9 Å². The number of amides is 1. The van der Waals surface area contributed by atoms with Crippen molar-refractivity contribution in [1.29, 1.82) is 0 Å². The number of rotatable bonds is 6. The molecule has 136 valence electrons. The Hall–Kier alpha value is -3.12. The zero-order chi connectivity index (χ0) is 19.1. The Morgan fingerprint density at radius 1 is 0.963 bits per heavy atom. The molecule has 3 rings (SSSR count). The van der Waals surface area contributed by atoms with E-state index >= 15 is 0 Å². The van der Waals surface area contributed by atoms with Gasteiger partial charge in [0.1, 0.15) is 5.03 Å². The SMILES string of the molecule is C[C@H](OC(=O)c1cccnc1Sc1ccccc1)C(=O)Nc1ccccc1. The van der Waals surface area contributed by atoms with Gasteiger partial charge in [-0.25, -0.2) is 9.78 Å². The van der Waals surface area contributed by atoms with Crippen LogP contribution in [-0.4, -0.2) is 23.0 Å². The first-order valence-corrected chi connectivity index (χ1v) is 9.20. The van der Waals surface area contributed by atoms with E-state index in [9.17, 15) is 9.59 Å². The van der Waals surface area contributed by atoms with Crippen LogP contribution in [0.1, 0.15) is 17.3 Å². The summed E-state index contributed by atoms with van der Waals surface area (Å²) in [6.45, 7) is 1.54. The maximum Gasteiger partial charge on any atom is 0.341 e. The molecule has 0 bridgehead atoms. The first-order valence-electron chi connectivity index (χ1n) is 8.38. The molecule has 1 N–H and O–H groups in total. The third-order valence-corrected chi connectivity index (χ3v) is 4.67. The number of nitrogens with zero attached hydrogens (tertiary/aromatic N) is 1. The highest BCUT2D eigenvalue weighted by molar-refractivity contribution is 7.99. The Morgan fingerprint density at radius 3 is 2.33 bits per heavy atom. The summed E-state index contributed by atoms with van der Waals surface area (Å²) in [7, 11) is 0. The number of nitrogens with one attached hydrogen (secondary N) is 1. The fourth-order valence-corrected chi connectivity index (χ4v) is 3.16. The van der Waals surface area contributed by atoms with Crippen LogP contribution < -0.4 is 5.32 Å². The molecular weight excluding hydrogens is 360 g/mol. The van der Waals surface area contributed by atoms with Gasteiger partial charge in [-0.1, -0.05) is 48.2 Å². The number of carbonyl (C=O) groups is 2. The minimum Gasteiger partial charge on any atom is -0.449 e. The number of pyridine rings is 1. The van der Waals surface area contributed by atoms with Crippen molar-refractivity contribution in [3.05, 3.63) is 84.6 Å². The van der Waals surface area contributed by atoms with Gasteiger partial charge in [-0.15, -0.1) is 0 Å². The van der Waals surface area contributed by atoms with E-state index in [0.717, 1.165) is 4.90 Å². The lowest BCUT2D eigenvalue weighted by molar-refractivity contribution is -0.123. The van der Waals surface area contributed by atoms with Gasteiger partial charge < -0.3 is 10.1 Å². The van der Waals surface area contributed by atoms with E-state index in [-0.39, 0.29) is 0 Å². The molecule has 0 aliphatic rings. The predicted octanol–water partition coefficient (Wildman–Crippen LogP) is 4.42. The van der Waals surface area contributed by atoms with Gasteiger partial charge >= 0.3 is 5.97 Å². The number of carbonyl (C=O) groups excluding carboxylic acids is 2. The highest BCUT2D eigenvalue weighted by Crippen LogP contribution is 2.28. The number of esters is 1. The van der Waals surface area contributed by atoms with E-state index in [2.05, 4.69) is 10.3 Å². The third kappa shape index (κ3) is 5.18. The molecule has 0 radical (unpaired) electrons. The molecule has 0 saturated carbocycles. The zero-order valence-electron chi connectivity index (χ0n) is 14.7. The van der Waals surface area contributed by atoms with Crippen LogP contribution in [-0.2, 0) is 9.53 Å². The molecule has 0 aliphatic heterocycles. The monoisotopic (exact) mass is 378 g/mol. The third-order valence-electron chi connectivity index (χ3n) is 3.64. The predicted molar refractivity (Wildman–Crippen MR) is 105 cm³/mol. The van der Waals surface area contributed by atoms with Crippen LogP contribution in [0.3, 0.4) is 0 Å². The Morgan fingerprint density at radius 2 is 1.63 bits per heavy atom. The van der Waals surface area contributed by atoms with Crippen LogP contribution in [0.4, 0.5) is 5.69 Å². The van der Waals surface area contributed by atoms with Gasteiger partial charge in [0, 0.05) is 16.8 Å². The average molecular weight is 378 g/mol. The fraction of sp³-hybridized carbons (Fsp3) is 0.0952. The molecule has 1 heterocycles. The number of ether oxygens (including phenoxy) is 1. The first-order chi connectivity index (χ1) is 13.1. The lowest BCUT2D eigenvalue weighted by Crippen LogP contribution is -2.30. The summed E-state index contributed by atoms with van der Waals surface area (Å²) >= 11 is 1.37. The molecule has 1 atom stereocenters. The minimum atomic E-state index is -0.938. The molecule has 2 aromatic carbocycles. The lowest BCUT2D eigenvalue weighted by Gasteiger charge is -2.14.